The lowest BCUT2D eigenvalue weighted by Crippen LogP contribution is -2.11. The number of para-hydroxylation sites is 1. The number of nitrogens with two attached hydrogens (primary N) is 1. The van der Waals surface area contributed by atoms with Crippen molar-refractivity contribution < 1.29 is 9.53 Å². The molecular formula is C16H16N2O2S. The first-order valence-electron chi connectivity index (χ1n) is 6.41. The molecule has 5 heteroatoms. The first kappa shape index (κ1) is 15.3. The van der Waals surface area contributed by atoms with Crippen molar-refractivity contribution in [2.45, 2.75) is 6.61 Å². The molecule has 0 aliphatic heterocycles. The second-order valence-electron chi connectivity index (χ2n) is 4.21. The highest BCUT2D eigenvalue weighted by Crippen LogP contribution is 2.20. The van der Waals surface area contributed by atoms with Gasteiger partial charge in [0, 0.05) is 18.4 Å². The average molecular weight is 300 g/mol. The number of methoxy groups -OCH3 is 1. The van der Waals surface area contributed by atoms with Crippen LogP contribution in [-0.2, 0) is 11.3 Å². The van der Waals surface area contributed by atoms with E-state index in [1.54, 1.807) is 13.2 Å². The van der Waals surface area contributed by atoms with Gasteiger partial charge in [-0.05, 0) is 18.2 Å². The lowest BCUT2D eigenvalue weighted by Gasteiger charge is -2.09. The van der Waals surface area contributed by atoms with Crippen LogP contribution in [0, 0.1) is 11.8 Å². The van der Waals surface area contributed by atoms with Gasteiger partial charge in [-0.1, -0.05) is 30.0 Å². The summed E-state index contributed by atoms with van der Waals surface area (Å²) < 4.78 is 5.13. The predicted molar refractivity (Wildman–Crippen MR) is 85.4 cm³/mol. The van der Waals surface area contributed by atoms with Crippen LogP contribution in [0.25, 0.3) is 0 Å². The minimum Gasteiger partial charge on any atom is -0.380 e. The molecule has 0 aliphatic carbocycles. The maximum Gasteiger partial charge on any atom is 0.265 e. The van der Waals surface area contributed by atoms with Crippen LogP contribution in [0.4, 0.5) is 5.69 Å². The monoisotopic (exact) mass is 300 g/mol. The summed E-state index contributed by atoms with van der Waals surface area (Å²) in [5.74, 6) is 5.54. The van der Waals surface area contributed by atoms with E-state index in [1.165, 1.54) is 11.3 Å². The molecule has 108 valence electrons. The summed E-state index contributed by atoms with van der Waals surface area (Å²) in [4.78, 5) is 13.7. The van der Waals surface area contributed by atoms with Crippen LogP contribution >= 0.6 is 11.3 Å². The molecule has 0 bridgehead atoms. The van der Waals surface area contributed by atoms with E-state index in [0.29, 0.717) is 18.0 Å². The molecule has 2 rings (SSSR count). The SMILES string of the molecule is COCc1ccccc1NC(=O)c1ccc(C#CCN)s1. The highest BCUT2D eigenvalue weighted by Gasteiger charge is 2.11. The van der Waals surface area contributed by atoms with Crippen LogP contribution in [0.5, 0.6) is 0 Å². The lowest BCUT2D eigenvalue weighted by atomic mass is 10.2. The molecule has 4 nitrogen and oxygen atoms in total. The number of nitrogens with one attached hydrogen (secondary N) is 1. The fraction of sp³-hybridized carbons (Fsp3) is 0.188. The molecule has 0 atom stereocenters. The predicted octanol–water partition coefficient (Wildman–Crippen LogP) is 2.46. The summed E-state index contributed by atoms with van der Waals surface area (Å²) in [7, 11) is 1.63. The van der Waals surface area contributed by atoms with Gasteiger partial charge < -0.3 is 15.8 Å². The maximum atomic E-state index is 12.2. The zero-order valence-electron chi connectivity index (χ0n) is 11.7. The first-order chi connectivity index (χ1) is 10.2. The molecule has 0 fully saturated rings. The molecule has 0 radical (unpaired) electrons. The molecule has 0 unspecified atom stereocenters. The number of ether oxygens (including phenoxy) is 1. The molecule has 0 spiro atoms. The molecular weight excluding hydrogens is 284 g/mol. The molecule has 1 amide bonds. The van der Waals surface area contributed by atoms with Gasteiger partial charge in [-0.3, -0.25) is 4.79 Å². The molecule has 1 aromatic heterocycles. The number of amides is 1. The lowest BCUT2D eigenvalue weighted by molar-refractivity contribution is 0.103. The highest BCUT2D eigenvalue weighted by molar-refractivity contribution is 7.14. The Balaban J connectivity index is 2.13. The van der Waals surface area contributed by atoms with Crippen molar-refractivity contribution in [2.75, 3.05) is 19.0 Å². The number of rotatable bonds is 4. The van der Waals surface area contributed by atoms with E-state index >= 15 is 0 Å². The van der Waals surface area contributed by atoms with Crippen LogP contribution in [0.3, 0.4) is 0 Å². The third-order valence-electron chi connectivity index (χ3n) is 2.71. The molecule has 0 saturated heterocycles. The zero-order valence-corrected chi connectivity index (χ0v) is 12.5. The number of benzene rings is 1. The molecule has 1 heterocycles. The van der Waals surface area contributed by atoms with Gasteiger partial charge in [0.05, 0.1) is 22.9 Å². The fourth-order valence-electron chi connectivity index (χ4n) is 1.77. The van der Waals surface area contributed by atoms with Crippen molar-refractivity contribution in [3.8, 4) is 11.8 Å². The van der Waals surface area contributed by atoms with Crippen LogP contribution < -0.4 is 11.1 Å². The topological polar surface area (TPSA) is 64.3 Å². The largest absolute Gasteiger partial charge is 0.380 e. The minimum absolute atomic E-state index is 0.149. The number of carbonyl (C=O) groups is 1. The van der Waals surface area contributed by atoms with E-state index in [-0.39, 0.29) is 5.91 Å². The quantitative estimate of drug-likeness (QED) is 0.853. The van der Waals surface area contributed by atoms with Gasteiger partial charge in [-0.2, -0.15) is 0 Å². The molecule has 0 saturated carbocycles. The van der Waals surface area contributed by atoms with Gasteiger partial charge >= 0.3 is 0 Å². The highest BCUT2D eigenvalue weighted by atomic mass is 32.1. The normalized spacial score (nSPS) is 9.81. The van der Waals surface area contributed by atoms with Crippen LogP contribution in [0.2, 0.25) is 0 Å². The van der Waals surface area contributed by atoms with Crippen molar-refractivity contribution in [3.05, 3.63) is 51.7 Å². The Morgan fingerprint density at radius 1 is 1.33 bits per heavy atom. The van der Waals surface area contributed by atoms with Gasteiger partial charge in [0.15, 0.2) is 0 Å². The van der Waals surface area contributed by atoms with Gasteiger partial charge in [0.2, 0.25) is 0 Å². The molecule has 2 aromatic rings. The first-order valence-corrected chi connectivity index (χ1v) is 7.23. The van der Waals surface area contributed by atoms with Gasteiger partial charge in [-0.25, -0.2) is 0 Å². The van der Waals surface area contributed by atoms with Crippen molar-refractivity contribution in [1.29, 1.82) is 0 Å². The van der Waals surface area contributed by atoms with Crippen LogP contribution in [-0.4, -0.2) is 19.6 Å². The minimum atomic E-state index is -0.149. The number of carbonyl (C=O) groups excluding carboxylic acids is 1. The Morgan fingerprint density at radius 3 is 2.90 bits per heavy atom. The number of hydrogen-bond donors (Lipinski definition) is 2. The van der Waals surface area contributed by atoms with Crippen molar-refractivity contribution >= 4 is 22.9 Å². The van der Waals surface area contributed by atoms with Gasteiger partial charge in [0.1, 0.15) is 0 Å². The molecule has 21 heavy (non-hydrogen) atoms. The summed E-state index contributed by atoms with van der Waals surface area (Å²) in [5.41, 5.74) is 7.02. The Kier molecular flexibility index (Phi) is 5.52. The van der Waals surface area contributed by atoms with Crippen molar-refractivity contribution in [3.63, 3.8) is 0 Å². The average Bonchev–Trinajstić information content (AvgIpc) is 2.96. The number of hydrogen-bond acceptors (Lipinski definition) is 4. The molecule has 3 N–H and O–H groups in total. The Hall–Kier alpha value is -2.13. The number of anilines is 1. The van der Waals surface area contributed by atoms with E-state index in [2.05, 4.69) is 17.2 Å². The fourth-order valence-corrected chi connectivity index (χ4v) is 2.55. The van der Waals surface area contributed by atoms with E-state index in [0.717, 1.165) is 16.1 Å². The molecule has 0 aliphatic rings. The Labute approximate surface area is 127 Å². The summed E-state index contributed by atoms with van der Waals surface area (Å²) in [6.07, 6.45) is 0. The van der Waals surface area contributed by atoms with E-state index in [1.807, 2.05) is 30.3 Å². The van der Waals surface area contributed by atoms with Gasteiger partial charge in [0.25, 0.3) is 5.91 Å². The summed E-state index contributed by atoms with van der Waals surface area (Å²) in [6.45, 7) is 0.762. The van der Waals surface area contributed by atoms with Crippen LogP contribution in [0.15, 0.2) is 36.4 Å². The second kappa shape index (κ2) is 7.60. The third kappa shape index (κ3) is 4.17. The van der Waals surface area contributed by atoms with E-state index in [9.17, 15) is 4.79 Å². The van der Waals surface area contributed by atoms with Crippen molar-refractivity contribution in [1.82, 2.24) is 0 Å². The van der Waals surface area contributed by atoms with Crippen LogP contribution in [0.1, 0.15) is 20.1 Å². The maximum absolute atomic E-state index is 12.2. The molecule has 1 aromatic carbocycles. The zero-order chi connectivity index (χ0) is 15.1. The Morgan fingerprint density at radius 2 is 2.14 bits per heavy atom. The third-order valence-corrected chi connectivity index (χ3v) is 3.71. The smallest absolute Gasteiger partial charge is 0.265 e. The summed E-state index contributed by atoms with van der Waals surface area (Å²) in [5, 5.41) is 2.90. The summed E-state index contributed by atoms with van der Waals surface area (Å²) >= 11 is 1.35. The second-order valence-corrected chi connectivity index (χ2v) is 5.30. The van der Waals surface area contributed by atoms with E-state index < -0.39 is 0 Å². The standard InChI is InChI=1S/C16H16N2O2S/c1-20-11-12-5-2-3-7-14(12)18-16(19)15-9-8-13(21-15)6-4-10-17/h2-3,5,7-9H,10-11,17H2,1H3,(H,18,19). The van der Waals surface area contributed by atoms with Crippen molar-refractivity contribution in [2.24, 2.45) is 5.73 Å². The Bertz CT molecular complexity index is 683. The summed E-state index contributed by atoms with van der Waals surface area (Å²) in [6, 6.07) is 11.2. The van der Waals surface area contributed by atoms with Gasteiger partial charge in [-0.15, -0.1) is 11.3 Å². The number of thiophene rings is 1. The van der Waals surface area contributed by atoms with E-state index in [4.69, 9.17) is 10.5 Å².